The molecule has 1 atom stereocenters. The van der Waals surface area contributed by atoms with Crippen LogP contribution in [0.4, 0.5) is 5.13 Å². The Morgan fingerprint density at radius 3 is 2.85 bits per heavy atom. The molecule has 0 saturated heterocycles. The van der Waals surface area contributed by atoms with Gasteiger partial charge in [0.05, 0.1) is 16.4 Å². The molecule has 1 amide bonds. The molecular formula is C20H19N5OS. The molecule has 6 nitrogen and oxygen atoms in total. The van der Waals surface area contributed by atoms with Gasteiger partial charge < -0.3 is 10.3 Å². The summed E-state index contributed by atoms with van der Waals surface area (Å²) in [5.41, 5.74) is 6.55. The van der Waals surface area contributed by atoms with E-state index in [2.05, 4.69) is 25.8 Å². The minimum Gasteiger partial charge on any atom is -0.358 e. The number of nitrogens with zero attached hydrogens (tertiary/aromatic N) is 2. The zero-order valence-electron chi connectivity index (χ0n) is 15.0. The van der Waals surface area contributed by atoms with E-state index in [1.165, 1.54) is 11.3 Å². The molecule has 0 unspecified atom stereocenters. The van der Waals surface area contributed by atoms with Crippen LogP contribution in [0.5, 0.6) is 0 Å². The van der Waals surface area contributed by atoms with Crippen molar-refractivity contribution in [2.24, 2.45) is 5.10 Å². The van der Waals surface area contributed by atoms with Crippen molar-refractivity contribution in [2.75, 3.05) is 5.32 Å². The average Bonchev–Trinajstić information content (AvgIpc) is 3.21. The number of para-hydroxylation sites is 2. The highest BCUT2D eigenvalue weighted by atomic mass is 32.1. The molecule has 7 heteroatoms. The lowest BCUT2D eigenvalue weighted by molar-refractivity contribution is -0.121. The fraction of sp³-hybridized carbons (Fsp3) is 0.150. The van der Waals surface area contributed by atoms with Crippen molar-refractivity contribution >= 4 is 49.7 Å². The van der Waals surface area contributed by atoms with Crippen molar-refractivity contribution in [1.82, 2.24) is 15.4 Å². The van der Waals surface area contributed by atoms with Gasteiger partial charge in [-0.3, -0.25) is 4.79 Å². The number of fused-ring (bicyclic) bond motifs is 2. The minimum absolute atomic E-state index is 0.219. The first-order valence-corrected chi connectivity index (χ1v) is 9.46. The van der Waals surface area contributed by atoms with Gasteiger partial charge in [-0.2, -0.15) is 5.10 Å². The highest BCUT2D eigenvalue weighted by Crippen LogP contribution is 2.25. The van der Waals surface area contributed by atoms with Crippen LogP contribution in [0.3, 0.4) is 0 Å². The lowest BCUT2D eigenvalue weighted by atomic mass is 10.1. The molecular weight excluding hydrogens is 358 g/mol. The van der Waals surface area contributed by atoms with E-state index in [1.54, 1.807) is 13.1 Å². The van der Waals surface area contributed by atoms with Crippen LogP contribution < -0.4 is 10.7 Å². The molecule has 0 bridgehead atoms. The molecule has 4 rings (SSSR count). The van der Waals surface area contributed by atoms with Gasteiger partial charge in [0.1, 0.15) is 6.04 Å². The monoisotopic (exact) mass is 377 g/mol. The molecule has 0 aliphatic rings. The Kier molecular flexibility index (Phi) is 4.60. The predicted molar refractivity (Wildman–Crippen MR) is 111 cm³/mol. The van der Waals surface area contributed by atoms with E-state index in [0.29, 0.717) is 0 Å². The Bertz CT molecular complexity index is 1110. The number of aryl methyl sites for hydroxylation is 1. The van der Waals surface area contributed by atoms with Crippen molar-refractivity contribution < 1.29 is 4.79 Å². The first-order valence-electron chi connectivity index (χ1n) is 8.64. The van der Waals surface area contributed by atoms with Crippen molar-refractivity contribution in [2.45, 2.75) is 19.9 Å². The van der Waals surface area contributed by atoms with E-state index in [9.17, 15) is 4.79 Å². The van der Waals surface area contributed by atoms with Gasteiger partial charge in [0.15, 0.2) is 5.13 Å². The third-order valence-electron chi connectivity index (χ3n) is 4.34. The Labute approximate surface area is 160 Å². The number of anilines is 1. The summed E-state index contributed by atoms with van der Waals surface area (Å²) in [6.45, 7) is 3.77. The molecule has 27 heavy (non-hydrogen) atoms. The number of rotatable bonds is 5. The van der Waals surface area contributed by atoms with Crippen LogP contribution in [-0.2, 0) is 4.79 Å². The van der Waals surface area contributed by atoms with Gasteiger partial charge in [0, 0.05) is 22.2 Å². The number of nitrogens with one attached hydrogen (secondary N) is 3. The van der Waals surface area contributed by atoms with Crippen LogP contribution in [-0.4, -0.2) is 28.1 Å². The lowest BCUT2D eigenvalue weighted by Gasteiger charge is -2.10. The number of carbonyl (C=O) groups is 1. The quantitative estimate of drug-likeness (QED) is 0.363. The van der Waals surface area contributed by atoms with E-state index >= 15 is 0 Å². The third-order valence-corrected chi connectivity index (χ3v) is 5.31. The van der Waals surface area contributed by atoms with Crippen LogP contribution >= 0.6 is 11.3 Å². The summed E-state index contributed by atoms with van der Waals surface area (Å²) < 4.78 is 1.08. The Morgan fingerprint density at radius 1 is 1.22 bits per heavy atom. The van der Waals surface area contributed by atoms with Crippen molar-refractivity contribution in [3.8, 4) is 0 Å². The molecule has 2 aromatic heterocycles. The van der Waals surface area contributed by atoms with E-state index < -0.39 is 6.04 Å². The molecule has 3 N–H and O–H groups in total. The van der Waals surface area contributed by atoms with Crippen LogP contribution in [0, 0.1) is 6.92 Å². The van der Waals surface area contributed by atoms with Gasteiger partial charge in [0.2, 0.25) is 0 Å². The molecule has 0 saturated carbocycles. The Hall–Kier alpha value is -3.19. The number of carbonyl (C=O) groups excluding carboxylic acids is 1. The number of hydrogen-bond acceptors (Lipinski definition) is 5. The SMILES string of the molecule is Cc1[nH]c2ccccc2c1/C=N/NC(=O)[C@@H](C)Nc1nc2ccccc2s1. The summed E-state index contributed by atoms with van der Waals surface area (Å²) >= 11 is 1.52. The highest BCUT2D eigenvalue weighted by molar-refractivity contribution is 7.22. The lowest BCUT2D eigenvalue weighted by Crippen LogP contribution is -2.34. The second kappa shape index (κ2) is 7.20. The number of hydrogen-bond donors (Lipinski definition) is 3. The number of aromatic nitrogens is 2. The molecule has 0 spiro atoms. The summed E-state index contributed by atoms with van der Waals surface area (Å²) in [6, 6.07) is 15.4. The van der Waals surface area contributed by atoms with Crippen molar-refractivity contribution in [1.29, 1.82) is 0 Å². The summed E-state index contributed by atoms with van der Waals surface area (Å²) in [5, 5.41) is 9.06. The summed E-state index contributed by atoms with van der Waals surface area (Å²) in [6.07, 6.45) is 1.68. The summed E-state index contributed by atoms with van der Waals surface area (Å²) in [7, 11) is 0. The number of benzene rings is 2. The Morgan fingerprint density at radius 2 is 2.00 bits per heavy atom. The molecule has 0 aliphatic carbocycles. The predicted octanol–water partition coefficient (Wildman–Crippen LogP) is 4.04. The third kappa shape index (κ3) is 3.54. The van der Waals surface area contributed by atoms with Gasteiger partial charge >= 0.3 is 0 Å². The van der Waals surface area contributed by atoms with Crippen LogP contribution in [0.15, 0.2) is 53.6 Å². The Balaban J connectivity index is 1.42. The van der Waals surface area contributed by atoms with Gasteiger partial charge in [0.25, 0.3) is 5.91 Å². The molecule has 0 fully saturated rings. The van der Waals surface area contributed by atoms with E-state index in [4.69, 9.17) is 0 Å². The van der Waals surface area contributed by atoms with Gasteiger partial charge in [-0.25, -0.2) is 10.4 Å². The largest absolute Gasteiger partial charge is 0.358 e. The molecule has 4 aromatic rings. The zero-order chi connectivity index (χ0) is 18.8. The van der Waals surface area contributed by atoms with Crippen LogP contribution in [0.25, 0.3) is 21.1 Å². The fourth-order valence-corrected chi connectivity index (χ4v) is 3.86. The van der Waals surface area contributed by atoms with Crippen molar-refractivity contribution in [3.63, 3.8) is 0 Å². The second-order valence-electron chi connectivity index (χ2n) is 6.30. The van der Waals surface area contributed by atoms with E-state index in [-0.39, 0.29) is 5.91 Å². The van der Waals surface area contributed by atoms with Crippen molar-refractivity contribution in [3.05, 3.63) is 59.8 Å². The molecule has 0 aliphatic heterocycles. The smallest absolute Gasteiger partial charge is 0.262 e. The van der Waals surface area contributed by atoms with Gasteiger partial charge in [-0.15, -0.1) is 0 Å². The average molecular weight is 377 g/mol. The molecule has 2 aromatic carbocycles. The number of amides is 1. The minimum atomic E-state index is -0.452. The number of hydrazone groups is 1. The van der Waals surface area contributed by atoms with Gasteiger partial charge in [-0.1, -0.05) is 41.7 Å². The summed E-state index contributed by atoms with van der Waals surface area (Å²) in [4.78, 5) is 20.1. The molecule has 136 valence electrons. The maximum Gasteiger partial charge on any atom is 0.262 e. The first-order chi connectivity index (χ1) is 13.1. The normalized spacial score (nSPS) is 12.7. The van der Waals surface area contributed by atoms with Crippen LogP contribution in [0.2, 0.25) is 0 Å². The topological polar surface area (TPSA) is 82.2 Å². The molecule has 2 heterocycles. The fourth-order valence-electron chi connectivity index (χ4n) is 2.91. The number of H-pyrrole nitrogens is 1. The number of aromatic amines is 1. The molecule has 0 radical (unpaired) electrons. The van der Waals surface area contributed by atoms with E-state index in [1.807, 2.05) is 55.5 Å². The zero-order valence-corrected chi connectivity index (χ0v) is 15.8. The van der Waals surface area contributed by atoms with Crippen LogP contribution in [0.1, 0.15) is 18.2 Å². The van der Waals surface area contributed by atoms with Gasteiger partial charge in [-0.05, 0) is 32.0 Å². The maximum atomic E-state index is 12.3. The van der Waals surface area contributed by atoms with E-state index in [0.717, 1.165) is 37.5 Å². The second-order valence-corrected chi connectivity index (χ2v) is 7.33. The summed E-state index contributed by atoms with van der Waals surface area (Å²) in [5.74, 6) is -0.219. The number of thiazole rings is 1. The maximum absolute atomic E-state index is 12.3. The standard InChI is InChI=1S/C20H19N5OS/c1-12-15(14-7-3-4-8-16(14)22-12)11-21-25-19(26)13(2)23-20-24-17-9-5-6-10-18(17)27-20/h3-11,13,22H,1-2H3,(H,23,24)(H,25,26)/b21-11+/t13-/m1/s1. The first kappa shape index (κ1) is 17.2. The highest BCUT2D eigenvalue weighted by Gasteiger charge is 2.14.